The number of benzene rings is 5. The molecule has 0 fully saturated rings. The van der Waals surface area contributed by atoms with Gasteiger partial charge in [-0.2, -0.15) is 4.58 Å². The first-order chi connectivity index (χ1) is 21.7. The van der Waals surface area contributed by atoms with E-state index in [0.29, 0.717) is 0 Å². The van der Waals surface area contributed by atoms with Gasteiger partial charge in [-0.25, -0.2) is 8.42 Å². The van der Waals surface area contributed by atoms with Gasteiger partial charge >= 0.3 is 0 Å². The number of nitrogens with zero attached hydrogens (tertiary/aromatic N) is 2. The lowest BCUT2D eigenvalue weighted by atomic mass is 9.80. The number of hydrogen-bond donors (Lipinski definition) is 0. The standard InChI is InChI=1S/C33H33N2.C7H8O3S/c1-32(2)26-20-18-22-12-7-9-14-24(22)30(26)34(5)28(32)16-11-17-29-33(3,4)27-21-19-23-13-8-10-15-25(23)31(27)35(29)6;1-6-2-4-7(5-3-6)11(8,9)10/h7-21H,1-6H3;2-5H,1H3,(H,8,9,10)/q+1;/p-1. The minimum atomic E-state index is -4.27. The lowest BCUT2D eigenvalue weighted by Crippen LogP contribution is -2.26. The van der Waals surface area contributed by atoms with Crippen LogP contribution in [-0.2, 0) is 20.9 Å². The van der Waals surface area contributed by atoms with Crippen molar-refractivity contribution in [2.24, 2.45) is 0 Å². The molecule has 0 amide bonds. The fraction of sp³-hybridized carbons (Fsp3) is 0.225. The van der Waals surface area contributed by atoms with E-state index in [9.17, 15) is 13.0 Å². The van der Waals surface area contributed by atoms with Crippen molar-refractivity contribution in [3.63, 3.8) is 0 Å². The molecule has 7 rings (SSSR count). The van der Waals surface area contributed by atoms with E-state index in [0.717, 1.165) is 5.56 Å². The van der Waals surface area contributed by atoms with Gasteiger partial charge in [0, 0.05) is 35.2 Å². The number of aryl methyl sites for hydroxylation is 1. The van der Waals surface area contributed by atoms with Crippen molar-refractivity contribution in [1.82, 2.24) is 0 Å². The number of anilines is 1. The first-order valence-electron chi connectivity index (χ1n) is 15.5. The van der Waals surface area contributed by atoms with Crippen molar-refractivity contribution < 1.29 is 17.5 Å². The lowest BCUT2D eigenvalue weighted by Gasteiger charge is -2.23. The van der Waals surface area contributed by atoms with Crippen molar-refractivity contribution in [3.05, 3.63) is 138 Å². The maximum atomic E-state index is 10.4. The number of allylic oxidation sites excluding steroid dienone is 4. The number of hydrogen-bond acceptors (Lipinski definition) is 4. The van der Waals surface area contributed by atoms with Crippen LogP contribution in [-0.4, -0.2) is 37.4 Å². The van der Waals surface area contributed by atoms with Crippen molar-refractivity contribution in [1.29, 1.82) is 0 Å². The smallest absolute Gasteiger partial charge is 0.217 e. The minimum absolute atomic E-state index is 0.0562. The van der Waals surface area contributed by atoms with E-state index in [-0.39, 0.29) is 15.7 Å². The Kier molecular flexibility index (Phi) is 7.78. The molecule has 0 N–H and O–H groups in total. The van der Waals surface area contributed by atoms with Crippen LogP contribution in [0.1, 0.15) is 44.4 Å². The van der Waals surface area contributed by atoms with Crippen molar-refractivity contribution in [3.8, 4) is 0 Å². The van der Waals surface area contributed by atoms with Gasteiger partial charge in [-0.05, 0) is 61.4 Å². The van der Waals surface area contributed by atoms with Crippen molar-refractivity contribution in [2.45, 2.75) is 50.3 Å². The Morgan fingerprint density at radius 2 is 1.30 bits per heavy atom. The zero-order valence-electron chi connectivity index (χ0n) is 27.5. The highest BCUT2D eigenvalue weighted by Crippen LogP contribution is 2.50. The molecule has 0 bridgehead atoms. The average molecular weight is 629 g/mol. The van der Waals surface area contributed by atoms with Crippen molar-refractivity contribution >= 4 is 48.7 Å². The van der Waals surface area contributed by atoms with E-state index < -0.39 is 10.1 Å². The summed E-state index contributed by atoms with van der Waals surface area (Å²) in [6.45, 7) is 11.2. The van der Waals surface area contributed by atoms with E-state index in [1.807, 2.05) is 6.92 Å². The predicted octanol–water partition coefficient (Wildman–Crippen LogP) is 8.77. The highest BCUT2D eigenvalue weighted by Gasteiger charge is 2.44. The van der Waals surface area contributed by atoms with Gasteiger partial charge in [0.1, 0.15) is 17.2 Å². The molecule has 0 unspecified atom stereocenters. The molecule has 46 heavy (non-hydrogen) atoms. The third-order valence-corrected chi connectivity index (χ3v) is 10.5. The Hall–Kier alpha value is -4.52. The molecular weight excluding hydrogens is 589 g/mol. The SMILES string of the molecule is CN1/C(=C\C=C\C2=[N+](C)c3c(ccc4ccccc34)C2(C)C)C(C)(C)c2ccc3ccccc3c21.Cc1ccc(S(=O)(=O)[O-])cc1. The first-order valence-corrected chi connectivity index (χ1v) is 16.9. The van der Waals surface area contributed by atoms with Crippen LogP contribution in [0.3, 0.4) is 0 Å². The van der Waals surface area contributed by atoms with Crippen LogP contribution < -0.4 is 4.90 Å². The third-order valence-electron chi connectivity index (χ3n) is 9.64. The quantitative estimate of drug-likeness (QED) is 0.148. The van der Waals surface area contributed by atoms with Crippen LogP contribution >= 0.6 is 0 Å². The second kappa shape index (κ2) is 11.4. The summed E-state index contributed by atoms with van der Waals surface area (Å²) in [5.41, 5.74) is 8.90. The minimum Gasteiger partial charge on any atom is -0.744 e. The van der Waals surface area contributed by atoms with Gasteiger partial charge < -0.3 is 9.45 Å². The Morgan fingerprint density at radius 1 is 0.739 bits per heavy atom. The second-order valence-electron chi connectivity index (χ2n) is 13.3. The summed E-state index contributed by atoms with van der Waals surface area (Å²) in [5.74, 6) is 0. The molecule has 234 valence electrons. The molecule has 2 aliphatic rings. The van der Waals surface area contributed by atoms with E-state index in [1.165, 1.54) is 67.6 Å². The maximum Gasteiger partial charge on any atom is 0.217 e. The Labute approximate surface area is 272 Å². The van der Waals surface area contributed by atoms with Gasteiger partial charge in [-0.3, -0.25) is 0 Å². The van der Waals surface area contributed by atoms with Crippen LogP contribution in [0.4, 0.5) is 11.4 Å². The summed E-state index contributed by atoms with van der Waals surface area (Å²) in [5, 5.41) is 5.23. The van der Waals surface area contributed by atoms with E-state index in [2.05, 4.69) is 142 Å². The first kappa shape index (κ1) is 31.5. The Morgan fingerprint density at radius 3 is 1.93 bits per heavy atom. The summed E-state index contributed by atoms with van der Waals surface area (Å²) in [7, 11) is 0.148. The summed E-state index contributed by atoms with van der Waals surface area (Å²) < 4.78 is 33.6. The largest absolute Gasteiger partial charge is 0.744 e. The zero-order chi connectivity index (χ0) is 33.0. The van der Waals surface area contributed by atoms with E-state index in [4.69, 9.17) is 0 Å². The molecule has 5 aromatic rings. The number of rotatable bonds is 3. The zero-order valence-corrected chi connectivity index (χ0v) is 28.3. The van der Waals surface area contributed by atoms with Gasteiger partial charge in [0.25, 0.3) is 0 Å². The van der Waals surface area contributed by atoms with Crippen LogP contribution in [0.15, 0.2) is 126 Å². The van der Waals surface area contributed by atoms with Gasteiger partial charge in [0.15, 0.2) is 5.71 Å². The predicted molar refractivity (Wildman–Crippen MR) is 190 cm³/mol. The molecule has 0 spiro atoms. The number of likely N-dealkylation sites (N-methyl/N-ethyl adjacent to an activating group) is 1. The second-order valence-corrected chi connectivity index (χ2v) is 14.7. The summed E-state index contributed by atoms with van der Waals surface area (Å²) >= 11 is 0. The molecule has 0 aromatic heterocycles. The molecule has 6 heteroatoms. The molecule has 0 atom stereocenters. The van der Waals surface area contributed by atoms with Gasteiger partial charge in [-0.15, -0.1) is 0 Å². The topological polar surface area (TPSA) is 63.5 Å². The van der Waals surface area contributed by atoms with Gasteiger partial charge in [0.2, 0.25) is 5.69 Å². The summed E-state index contributed by atoms with van der Waals surface area (Å²) in [6, 6.07) is 32.3. The Bertz CT molecular complexity index is 2210. The molecule has 0 radical (unpaired) electrons. The molecular formula is C40H40N2O3S. The third kappa shape index (κ3) is 5.25. The van der Waals surface area contributed by atoms with Crippen LogP contribution in [0.2, 0.25) is 0 Å². The highest BCUT2D eigenvalue weighted by molar-refractivity contribution is 7.85. The van der Waals surface area contributed by atoms with Crippen LogP contribution in [0.5, 0.6) is 0 Å². The molecule has 2 heterocycles. The van der Waals surface area contributed by atoms with Gasteiger partial charge in [0.05, 0.1) is 21.4 Å². The van der Waals surface area contributed by atoms with Gasteiger partial charge in [-0.1, -0.05) is 104 Å². The molecule has 5 aromatic carbocycles. The monoisotopic (exact) mass is 628 g/mol. The summed E-state index contributed by atoms with van der Waals surface area (Å²) in [6.07, 6.45) is 6.88. The average Bonchev–Trinajstić information content (AvgIpc) is 3.34. The Balaban J connectivity index is 0.000000288. The van der Waals surface area contributed by atoms with E-state index in [1.54, 1.807) is 12.1 Å². The molecule has 2 aliphatic heterocycles. The molecule has 0 saturated carbocycles. The van der Waals surface area contributed by atoms with Crippen LogP contribution in [0, 0.1) is 6.92 Å². The normalized spacial score (nSPS) is 17.5. The molecule has 0 saturated heterocycles. The summed E-state index contributed by atoms with van der Waals surface area (Å²) in [4.78, 5) is 2.21. The molecule has 0 aliphatic carbocycles. The highest BCUT2D eigenvalue weighted by atomic mass is 32.2. The fourth-order valence-corrected chi connectivity index (χ4v) is 7.64. The maximum absolute atomic E-state index is 10.4. The van der Waals surface area contributed by atoms with Crippen LogP contribution in [0.25, 0.3) is 21.5 Å². The van der Waals surface area contributed by atoms with Crippen molar-refractivity contribution in [2.75, 3.05) is 19.0 Å². The number of fused-ring (bicyclic) bond motifs is 6. The fourth-order valence-electron chi connectivity index (χ4n) is 7.17. The molecule has 5 nitrogen and oxygen atoms in total. The lowest BCUT2D eigenvalue weighted by molar-refractivity contribution is -0.399. The van der Waals surface area contributed by atoms with E-state index >= 15 is 0 Å².